The van der Waals surface area contributed by atoms with Gasteiger partial charge in [0.15, 0.2) is 6.10 Å². The van der Waals surface area contributed by atoms with Gasteiger partial charge in [-0.25, -0.2) is 4.79 Å². The molecule has 0 saturated carbocycles. The van der Waals surface area contributed by atoms with Crippen LogP contribution in [0.15, 0.2) is 36.4 Å². The van der Waals surface area contributed by atoms with E-state index in [1.54, 1.807) is 31.2 Å². The van der Waals surface area contributed by atoms with Gasteiger partial charge in [0.25, 0.3) is 0 Å². The molecule has 0 aromatic heterocycles. The summed E-state index contributed by atoms with van der Waals surface area (Å²) < 4.78 is 5.28. The maximum atomic E-state index is 12.5. The Morgan fingerprint density at radius 2 is 1.71 bits per heavy atom. The molecule has 0 radical (unpaired) electrons. The highest BCUT2D eigenvalue weighted by molar-refractivity contribution is 6.39. The topological polar surface area (TPSA) is 43.4 Å². The predicted molar refractivity (Wildman–Crippen MR) is 94.1 cm³/mol. The Bertz CT molecular complexity index is 794. The summed E-state index contributed by atoms with van der Waals surface area (Å²) in [6.45, 7) is 1.55. The zero-order valence-electron chi connectivity index (χ0n) is 13.1. The number of ketones is 1. The largest absolute Gasteiger partial charge is 0.451 e. The molecule has 1 atom stereocenters. The molecule has 1 aliphatic carbocycles. The van der Waals surface area contributed by atoms with E-state index in [1.807, 2.05) is 12.1 Å². The van der Waals surface area contributed by atoms with Crippen molar-refractivity contribution in [3.63, 3.8) is 0 Å². The summed E-state index contributed by atoms with van der Waals surface area (Å²) in [7, 11) is 0. The fraction of sp³-hybridized carbons (Fsp3) is 0.263. The first-order valence-electron chi connectivity index (χ1n) is 7.78. The Balaban J connectivity index is 1.76. The summed E-state index contributed by atoms with van der Waals surface area (Å²) in [6.07, 6.45) is 2.24. The van der Waals surface area contributed by atoms with Crippen LogP contribution in [0.25, 0.3) is 0 Å². The third-order valence-corrected chi connectivity index (χ3v) is 4.83. The average molecular weight is 363 g/mol. The van der Waals surface area contributed by atoms with Crippen molar-refractivity contribution < 1.29 is 14.3 Å². The van der Waals surface area contributed by atoms with E-state index in [-0.39, 0.29) is 21.4 Å². The lowest BCUT2D eigenvalue weighted by Gasteiger charge is -2.14. The van der Waals surface area contributed by atoms with Crippen molar-refractivity contribution in [1.29, 1.82) is 0 Å². The summed E-state index contributed by atoms with van der Waals surface area (Å²) in [6, 6.07) is 10.4. The number of carbonyl (C=O) groups excluding carboxylic acids is 2. The molecule has 0 bridgehead atoms. The highest BCUT2D eigenvalue weighted by atomic mass is 35.5. The van der Waals surface area contributed by atoms with Gasteiger partial charge in [0.1, 0.15) is 0 Å². The number of Topliss-reactive ketones (excluding diaryl/α,β-unsaturated/α-hetero) is 1. The Morgan fingerprint density at radius 3 is 2.42 bits per heavy atom. The number of fused-ring (bicyclic) bond motifs is 1. The van der Waals surface area contributed by atoms with Crippen molar-refractivity contribution in [2.45, 2.75) is 32.3 Å². The number of ether oxygens (including phenoxy) is 1. The molecule has 0 heterocycles. The van der Waals surface area contributed by atoms with Crippen LogP contribution in [0.3, 0.4) is 0 Å². The Labute approximate surface area is 150 Å². The Hall–Kier alpha value is -1.84. The van der Waals surface area contributed by atoms with Crippen LogP contribution in [0.4, 0.5) is 0 Å². The van der Waals surface area contributed by atoms with E-state index in [1.165, 1.54) is 11.1 Å². The van der Waals surface area contributed by atoms with Crippen LogP contribution < -0.4 is 0 Å². The first kappa shape index (κ1) is 17.0. The number of aryl methyl sites for hydroxylation is 2. The monoisotopic (exact) mass is 362 g/mol. The van der Waals surface area contributed by atoms with Gasteiger partial charge < -0.3 is 4.74 Å². The van der Waals surface area contributed by atoms with Gasteiger partial charge in [-0.15, -0.1) is 0 Å². The van der Waals surface area contributed by atoms with Crippen molar-refractivity contribution in [2.75, 3.05) is 0 Å². The first-order valence-corrected chi connectivity index (χ1v) is 8.54. The molecule has 0 N–H and O–H groups in total. The van der Waals surface area contributed by atoms with E-state index in [9.17, 15) is 9.59 Å². The minimum Gasteiger partial charge on any atom is -0.451 e. The molecule has 0 aliphatic heterocycles. The van der Waals surface area contributed by atoms with Crippen LogP contribution in [0, 0.1) is 0 Å². The summed E-state index contributed by atoms with van der Waals surface area (Å²) in [5, 5.41) is 0.398. The molecule has 0 spiro atoms. The summed E-state index contributed by atoms with van der Waals surface area (Å²) in [4.78, 5) is 24.8. The number of halogens is 2. The summed E-state index contributed by atoms with van der Waals surface area (Å²) in [5.41, 5.74) is 3.13. The maximum Gasteiger partial charge on any atom is 0.341 e. The van der Waals surface area contributed by atoms with E-state index in [0.717, 1.165) is 19.3 Å². The average Bonchev–Trinajstić information content (AvgIpc) is 3.01. The van der Waals surface area contributed by atoms with Gasteiger partial charge in [-0.3, -0.25) is 4.79 Å². The fourth-order valence-electron chi connectivity index (χ4n) is 2.93. The molecule has 0 fully saturated rings. The van der Waals surface area contributed by atoms with Gasteiger partial charge in [-0.05, 0) is 55.5 Å². The molecular formula is C19H16Cl2O3. The Kier molecular flexibility index (Phi) is 4.93. The highest BCUT2D eigenvalue weighted by Crippen LogP contribution is 2.26. The summed E-state index contributed by atoms with van der Waals surface area (Å²) in [5.74, 6) is -0.936. The molecule has 124 valence electrons. The zero-order chi connectivity index (χ0) is 17.3. The molecule has 2 aromatic rings. The quantitative estimate of drug-likeness (QED) is 0.573. The predicted octanol–water partition coefficient (Wildman–Crippen LogP) is 4.91. The number of hydrogen-bond acceptors (Lipinski definition) is 3. The van der Waals surface area contributed by atoms with Gasteiger partial charge in [0.05, 0.1) is 15.6 Å². The lowest BCUT2D eigenvalue weighted by Crippen LogP contribution is -2.25. The third kappa shape index (κ3) is 3.33. The smallest absolute Gasteiger partial charge is 0.341 e. The molecule has 24 heavy (non-hydrogen) atoms. The van der Waals surface area contributed by atoms with Crippen LogP contribution in [0.5, 0.6) is 0 Å². The second-order valence-corrected chi connectivity index (χ2v) is 6.66. The minimum atomic E-state index is -0.913. The molecule has 5 heteroatoms. The normalized spacial score (nSPS) is 14.1. The van der Waals surface area contributed by atoms with Crippen LogP contribution in [-0.4, -0.2) is 17.9 Å². The number of hydrogen-bond donors (Lipinski definition) is 0. The molecule has 0 saturated heterocycles. The third-order valence-electron chi connectivity index (χ3n) is 4.20. The van der Waals surface area contributed by atoms with Gasteiger partial charge in [-0.2, -0.15) is 0 Å². The van der Waals surface area contributed by atoms with Crippen molar-refractivity contribution in [3.8, 4) is 0 Å². The van der Waals surface area contributed by atoms with E-state index in [0.29, 0.717) is 5.56 Å². The van der Waals surface area contributed by atoms with Gasteiger partial charge in [0.2, 0.25) is 5.78 Å². The molecule has 2 aromatic carbocycles. The second-order valence-electron chi connectivity index (χ2n) is 5.85. The molecule has 3 nitrogen and oxygen atoms in total. The Morgan fingerprint density at radius 1 is 1.04 bits per heavy atom. The number of benzene rings is 2. The van der Waals surface area contributed by atoms with Crippen molar-refractivity contribution in [1.82, 2.24) is 0 Å². The van der Waals surface area contributed by atoms with Crippen LogP contribution in [0.2, 0.25) is 10.0 Å². The van der Waals surface area contributed by atoms with E-state index in [2.05, 4.69) is 0 Å². The van der Waals surface area contributed by atoms with Crippen LogP contribution in [-0.2, 0) is 17.6 Å². The number of esters is 1. The fourth-order valence-corrected chi connectivity index (χ4v) is 3.48. The SMILES string of the molecule is C[C@@H](OC(=O)c1c(Cl)cccc1Cl)C(=O)c1ccc2c(c1)CCC2. The molecule has 0 unspecified atom stereocenters. The lowest BCUT2D eigenvalue weighted by molar-refractivity contribution is 0.0319. The molecular weight excluding hydrogens is 347 g/mol. The van der Waals surface area contributed by atoms with Crippen molar-refractivity contribution >= 4 is 35.0 Å². The van der Waals surface area contributed by atoms with Crippen LogP contribution >= 0.6 is 23.2 Å². The van der Waals surface area contributed by atoms with Crippen LogP contribution in [0.1, 0.15) is 45.2 Å². The van der Waals surface area contributed by atoms with E-state index >= 15 is 0 Å². The first-order chi connectivity index (χ1) is 11.5. The van der Waals surface area contributed by atoms with Crippen molar-refractivity contribution in [3.05, 3.63) is 68.7 Å². The second kappa shape index (κ2) is 6.96. The van der Waals surface area contributed by atoms with Crippen molar-refractivity contribution in [2.24, 2.45) is 0 Å². The van der Waals surface area contributed by atoms with Gasteiger partial charge in [-0.1, -0.05) is 41.4 Å². The zero-order valence-corrected chi connectivity index (χ0v) is 14.7. The molecule has 0 amide bonds. The maximum absolute atomic E-state index is 12.5. The number of rotatable bonds is 4. The van der Waals surface area contributed by atoms with E-state index < -0.39 is 12.1 Å². The lowest BCUT2D eigenvalue weighted by atomic mass is 10.0. The summed E-state index contributed by atoms with van der Waals surface area (Å²) >= 11 is 12.0. The minimum absolute atomic E-state index is 0.0782. The molecule has 3 rings (SSSR count). The highest BCUT2D eigenvalue weighted by Gasteiger charge is 2.24. The number of carbonyl (C=O) groups is 2. The molecule has 1 aliphatic rings. The standard InChI is InChI=1S/C19H16Cl2O3/c1-11(24-19(23)17-15(20)6-3-7-16(17)21)18(22)14-9-8-12-4-2-5-13(12)10-14/h3,6-11H,2,4-5H2,1H3/t11-/m1/s1. The van der Waals surface area contributed by atoms with Gasteiger partial charge >= 0.3 is 5.97 Å². The van der Waals surface area contributed by atoms with E-state index in [4.69, 9.17) is 27.9 Å². The van der Waals surface area contributed by atoms with Gasteiger partial charge in [0, 0.05) is 5.56 Å².